The lowest BCUT2D eigenvalue weighted by molar-refractivity contribution is -0.138. The highest BCUT2D eigenvalue weighted by Gasteiger charge is 2.38. The molecule has 3 aliphatic heterocycles. The van der Waals surface area contributed by atoms with Gasteiger partial charge in [0.05, 0.1) is 6.04 Å². The van der Waals surface area contributed by atoms with Crippen LogP contribution in [0.1, 0.15) is 32.6 Å². The second-order valence-corrected chi connectivity index (χ2v) is 5.78. The number of hydrogen-bond donors (Lipinski definition) is 1. The van der Waals surface area contributed by atoms with Crippen LogP contribution in [-0.4, -0.2) is 60.0 Å². The van der Waals surface area contributed by atoms with Crippen LogP contribution >= 0.6 is 0 Å². The first kappa shape index (κ1) is 11.5. The minimum Gasteiger partial charge on any atom is -0.336 e. The van der Waals surface area contributed by atoms with Gasteiger partial charge >= 0.3 is 0 Å². The third kappa shape index (κ3) is 2.08. The number of fused-ring (bicyclic) bond motifs is 1. The lowest BCUT2D eigenvalue weighted by atomic mass is 10.1. The molecule has 0 saturated carbocycles. The smallest absolute Gasteiger partial charge is 0.240 e. The largest absolute Gasteiger partial charge is 0.336 e. The van der Waals surface area contributed by atoms with Gasteiger partial charge in [-0.25, -0.2) is 0 Å². The SMILES string of the molecule is CC1CN2CCCC2CN1C(=O)[C@H]1CCCN1. The molecule has 3 rings (SSSR count). The van der Waals surface area contributed by atoms with Gasteiger partial charge in [0.15, 0.2) is 0 Å². The molecule has 3 saturated heterocycles. The summed E-state index contributed by atoms with van der Waals surface area (Å²) in [5, 5.41) is 3.33. The number of carbonyl (C=O) groups excluding carboxylic acids is 1. The van der Waals surface area contributed by atoms with Gasteiger partial charge < -0.3 is 10.2 Å². The molecule has 1 amide bonds. The number of carbonyl (C=O) groups is 1. The number of rotatable bonds is 1. The van der Waals surface area contributed by atoms with Crippen LogP contribution in [0.5, 0.6) is 0 Å². The summed E-state index contributed by atoms with van der Waals surface area (Å²) in [7, 11) is 0. The van der Waals surface area contributed by atoms with Crippen molar-refractivity contribution in [2.45, 2.75) is 50.7 Å². The van der Waals surface area contributed by atoms with Crippen molar-refractivity contribution in [3.8, 4) is 0 Å². The fourth-order valence-electron chi connectivity index (χ4n) is 3.59. The molecule has 4 nitrogen and oxygen atoms in total. The summed E-state index contributed by atoms with van der Waals surface area (Å²) in [5.74, 6) is 0.349. The van der Waals surface area contributed by atoms with Crippen LogP contribution in [0.2, 0.25) is 0 Å². The maximum absolute atomic E-state index is 12.4. The normalized spacial score (nSPS) is 38.4. The number of piperazine rings is 1. The van der Waals surface area contributed by atoms with Crippen LogP contribution in [0.3, 0.4) is 0 Å². The maximum atomic E-state index is 12.4. The summed E-state index contributed by atoms with van der Waals surface area (Å²) in [6.45, 7) is 6.47. The monoisotopic (exact) mass is 237 g/mol. The van der Waals surface area contributed by atoms with Crippen molar-refractivity contribution in [1.82, 2.24) is 15.1 Å². The molecule has 1 N–H and O–H groups in total. The Balaban J connectivity index is 1.67. The van der Waals surface area contributed by atoms with Crippen LogP contribution < -0.4 is 5.32 Å². The van der Waals surface area contributed by atoms with Gasteiger partial charge in [0.2, 0.25) is 5.91 Å². The van der Waals surface area contributed by atoms with E-state index in [0.29, 0.717) is 18.0 Å². The second-order valence-electron chi connectivity index (χ2n) is 5.78. The molecule has 17 heavy (non-hydrogen) atoms. The van der Waals surface area contributed by atoms with Crippen LogP contribution in [0.15, 0.2) is 0 Å². The number of nitrogens with one attached hydrogen (secondary N) is 1. The molecular formula is C13H23N3O. The van der Waals surface area contributed by atoms with E-state index in [2.05, 4.69) is 22.0 Å². The quantitative estimate of drug-likeness (QED) is 0.718. The molecule has 3 aliphatic rings. The molecule has 0 aromatic heterocycles. The molecule has 0 aliphatic carbocycles. The van der Waals surface area contributed by atoms with Gasteiger partial charge in [-0.05, 0) is 45.7 Å². The summed E-state index contributed by atoms with van der Waals surface area (Å²) in [5.41, 5.74) is 0. The Kier molecular flexibility index (Phi) is 3.09. The highest BCUT2D eigenvalue weighted by Crippen LogP contribution is 2.25. The summed E-state index contributed by atoms with van der Waals surface area (Å²) in [6.07, 6.45) is 4.75. The minimum absolute atomic E-state index is 0.102. The first-order valence-corrected chi connectivity index (χ1v) is 7.03. The highest BCUT2D eigenvalue weighted by molar-refractivity contribution is 5.82. The maximum Gasteiger partial charge on any atom is 0.240 e. The van der Waals surface area contributed by atoms with E-state index in [1.54, 1.807) is 0 Å². The zero-order chi connectivity index (χ0) is 11.8. The molecule has 0 aromatic carbocycles. The molecule has 0 aromatic rings. The van der Waals surface area contributed by atoms with Crippen molar-refractivity contribution in [2.24, 2.45) is 0 Å². The first-order valence-electron chi connectivity index (χ1n) is 7.03. The highest BCUT2D eigenvalue weighted by atomic mass is 16.2. The number of hydrogen-bond acceptors (Lipinski definition) is 3. The molecule has 3 heterocycles. The Morgan fingerprint density at radius 2 is 2.12 bits per heavy atom. The van der Waals surface area contributed by atoms with Crippen molar-refractivity contribution in [3.63, 3.8) is 0 Å². The van der Waals surface area contributed by atoms with Gasteiger partial charge in [-0.1, -0.05) is 0 Å². The Hall–Kier alpha value is -0.610. The predicted molar refractivity (Wildman–Crippen MR) is 66.8 cm³/mol. The van der Waals surface area contributed by atoms with Crippen molar-refractivity contribution in [2.75, 3.05) is 26.2 Å². The van der Waals surface area contributed by atoms with Gasteiger partial charge in [0.1, 0.15) is 0 Å². The van der Waals surface area contributed by atoms with E-state index >= 15 is 0 Å². The minimum atomic E-state index is 0.102. The van der Waals surface area contributed by atoms with Gasteiger partial charge in [-0.3, -0.25) is 9.69 Å². The van der Waals surface area contributed by atoms with Gasteiger partial charge in [-0.2, -0.15) is 0 Å². The van der Waals surface area contributed by atoms with Gasteiger partial charge in [0, 0.05) is 25.2 Å². The Bertz CT molecular complexity index is 301. The van der Waals surface area contributed by atoms with Crippen molar-refractivity contribution in [3.05, 3.63) is 0 Å². The summed E-state index contributed by atoms with van der Waals surface area (Å²) in [4.78, 5) is 17.1. The van der Waals surface area contributed by atoms with E-state index in [1.807, 2.05) is 0 Å². The summed E-state index contributed by atoms with van der Waals surface area (Å²) >= 11 is 0. The molecule has 0 bridgehead atoms. The zero-order valence-electron chi connectivity index (χ0n) is 10.7. The fraction of sp³-hybridized carbons (Fsp3) is 0.923. The van der Waals surface area contributed by atoms with E-state index < -0.39 is 0 Å². The Morgan fingerprint density at radius 3 is 2.88 bits per heavy atom. The molecule has 0 radical (unpaired) electrons. The van der Waals surface area contributed by atoms with Gasteiger partial charge in [-0.15, -0.1) is 0 Å². The molecular weight excluding hydrogens is 214 g/mol. The molecule has 3 fully saturated rings. The lowest BCUT2D eigenvalue weighted by Gasteiger charge is -2.43. The van der Waals surface area contributed by atoms with Crippen molar-refractivity contribution in [1.29, 1.82) is 0 Å². The molecule has 4 heteroatoms. The summed E-state index contributed by atoms with van der Waals surface area (Å²) in [6, 6.07) is 1.13. The Labute approximate surface area is 103 Å². The number of amides is 1. The van der Waals surface area contributed by atoms with E-state index in [4.69, 9.17) is 0 Å². The van der Waals surface area contributed by atoms with E-state index in [-0.39, 0.29) is 6.04 Å². The van der Waals surface area contributed by atoms with E-state index in [1.165, 1.54) is 19.4 Å². The van der Waals surface area contributed by atoms with Crippen LogP contribution in [-0.2, 0) is 4.79 Å². The average molecular weight is 237 g/mol. The van der Waals surface area contributed by atoms with E-state index in [9.17, 15) is 4.79 Å². The van der Waals surface area contributed by atoms with Crippen molar-refractivity contribution < 1.29 is 4.79 Å². The van der Waals surface area contributed by atoms with Crippen LogP contribution in [0.4, 0.5) is 0 Å². The summed E-state index contributed by atoms with van der Waals surface area (Å²) < 4.78 is 0. The first-order chi connectivity index (χ1) is 8.25. The third-order valence-corrected chi connectivity index (χ3v) is 4.58. The van der Waals surface area contributed by atoms with Gasteiger partial charge in [0.25, 0.3) is 0 Å². The molecule has 3 atom stereocenters. The molecule has 2 unspecified atom stereocenters. The second kappa shape index (κ2) is 4.58. The standard InChI is InChI=1S/C13H23N3O/c1-10-8-15-7-3-4-11(15)9-16(10)13(17)12-5-2-6-14-12/h10-12,14H,2-9H2,1H3/t10?,11?,12-/m1/s1. The van der Waals surface area contributed by atoms with Crippen LogP contribution in [0.25, 0.3) is 0 Å². The fourth-order valence-corrected chi connectivity index (χ4v) is 3.59. The van der Waals surface area contributed by atoms with Crippen LogP contribution in [0, 0.1) is 0 Å². The lowest BCUT2D eigenvalue weighted by Crippen LogP contribution is -2.59. The Morgan fingerprint density at radius 1 is 1.24 bits per heavy atom. The molecule has 96 valence electrons. The van der Waals surface area contributed by atoms with Crippen molar-refractivity contribution >= 4 is 5.91 Å². The average Bonchev–Trinajstić information content (AvgIpc) is 2.97. The topological polar surface area (TPSA) is 35.6 Å². The third-order valence-electron chi connectivity index (χ3n) is 4.58. The zero-order valence-corrected chi connectivity index (χ0v) is 10.7. The molecule has 0 spiro atoms. The van der Waals surface area contributed by atoms with E-state index in [0.717, 1.165) is 32.5 Å². The predicted octanol–water partition coefficient (Wildman–Crippen LogP) is 0.433. The number of nitrogens with zero attached hydrogens (tertiary/aromatic N) is 2.